The van der Waals surface area contributed by atoms with Gasteiger partial charge in [-0.2, -0.15) is 0 Å². The maximum atomic E-state index is 12.7. The molecular formula is C38H47NO19S. The number of carbonyl (C=O) groups excluding carboxylic acids is 7. The minimum atomic E-state index is -1.76. The van der Waals surface area contributed by atoms with Gasteiger partial charge in [0.05, 0.1) is 6.61 Å². The third kappa shape index (κ3) is 13.9. The predicted molar refractivity (Wildman–Crippen MR) is 200 cm³/mol. The van der Waals surface area contributed by atoms with Crippen LogP contribution in [0.5, 0.6) is 5.75 Å². The Morgan fingerprint density at radius 1 is 0.661 bits per heavy atom. The molecule has 0 spiro atoms. The number of hydrogen-bond donors (Lipinski definition) is 1. The van der Waals surface area contributed by atoms with E-state index in [0.29, 0.717) is 28.9 Å². The highest BCUT2D eigenvalue weighted by Crippen LogP contribution is 2.37. The molecule has 4 rings (SSSR count). The molecule has 10 atom stereocenters. The molecule has 2 aliphatic rings. The van der Waals surface area contributed by atoms with Crippen molar-refractivity contribution < 1.29 is 85.3 Å². The monoisotopic (exact) mass is 853 g/mol. The van der Waals surface area contributed by atoms with Gasteiger partial charge in [-0.1, -0.05) is 0 Å². The fourth-order valence-electron chi connectivity index (χ4n) is 6.30. The Kier molecular flexibility index (Phi) is 17.1. The van der Waals surface area contributed by atoms with E-state index in [4.69, 9.17) is 51.8 Å². The highest BCUT2D eigenvalue weighted by atomic mass is 32.2. The van der Waals surface area contributed by atoms with E-state index in [1.807, 2.05) is 0 Å². The maximum Gasteiger partial charge on any atom is 0.336 e. The second kappa shape index (κ2) is 21.7. The summed E-state index contributed by atoms with van der Waals surface area (Å²) in [5.74, 6) is -4.62. The van der Waals surface area contributed by atoms with Gasteiger partial charge in [-0.15, -0.1) is 11.8 Å². The van der Waals surface area contributed by atoms with Crippen LogP contribution < -0.4 is 15.7 Å². The first-order valence-corrected chi connectivity index (χ1v) is 19.4. The SMILES string of the molecule is CC(=O)N[C@@H]1[C@@H](OC(C)=O)[C@H](O[C@@H]2O[C@H](COC(C)=O)[C@H](OC(C)=O)[C@H](OC(C)=O)[C@H]2OC(C)=O)[C@@H](COC(C)=O)O[C@H]1SCCCOc1ccc2ccc(=O)oc2c1. The molecule has 20 nitrogen and oxygen atoms in total. The number of hydrogen-bond acceptors (Lipinski definition) is 20. The van der Waals surface area contributed by atoms with Crippen LogP contribution in [0.15, 0.2) is 39.5 Å². The highest BCUT2D eigenvalue weighted by molar-refractivity contribution is 7.99. The molecule has 3 heterocycles. The van der Waals surface area contributed by atoms with Crippen molar-refractivity contribution in [3.8, 4) is 5.75 Å². The first-order chi connectivity index (χ1) is 27.9. The van der Waals surface area contributed by atoms with Crippen LogP contribution >= 0.6 is 11.8 Å². The van der Waals surface area contributed by atoms with Crippen LogP contribution in [-0.2, 0) is 76.2 Å². The Hall–Kier alpha value is -5.25. The number of ether oxygens (including phenoxy) is 10. The van der Waals surface area contributed by atoms with Gasteiger partial charge >= 0.3 is 41.4 Å². The number of thioether (sulfide) groups is 1. The van der Waals surface area contributed by atoms with Gasteiger partial charge < -0.3 is 57.1 Å². The van der Waals surface area contributed by atoms with Crippen LogP contribution in [0.4, 0.5) is 0 Å². The van der Waals surface area contributed by atoms with Crippen LogP contribution in [0.2, 0.25) is 0 Å². The van der Waals surface area contributed by atoms with Crippen molar-refractivity contribution in [3.05, 3.63) is 40.8 Å². The lowest BCUT2D eigenvalue weighted by Gasteiger charge is -2.49. The molecule has 1 amide bonds. The van der Waals surface area contributed by atoms with E-state index < -0.39 is 121 Å². The van der Waals surface area contributed by atoms with Crippen molar-refractivity contribution in [1.82, 2.24) is 5.32 Å². The Morgan fingerprint density at radius 3 is 1.81 bits per heavy atom. The quantitative estimate of drug-likeness (QED) is 0.102. The molecule has 2 aliphatic heterocycles. The molecule has 0 bridgehead atoms. The summed E-state index contributed by atoms with van der Waals surface area (Å²) in [7, 11) is 0. The van der Waals surface area contributed by atoms with Crippen LogP contribution in [0.3, 0.4) is 0 Å². The van der Waals surface area contributed by atoms with Crippen molar-refractivity contribution in [3.63, 3.8) is 0 Å². The van der Waals surface area contributed by atoms with Gasteiger partial charge in [0.15, 0.2) is 30.7 Å². The lowest BCUT2D eigenvalue weighted by atomic mass is 9.95. The molecule has 59 heavy (non-hydrogen) atoms. The fraction of sp³-hybridized carbons (Fsp3) is 0.579. The normalized spacial score (nSPS) is 26.4. The molecule has 2 saturated heterocycles. The van der Waals surface area contributed by atoms with Gasteiger partial charge in [-0.05, 0) is 30.4 Å². The second-order valence-corrected chi connectivity index (χ2v) is 14.5. The van der Waals surface area contributed by atoms with Crippen molar-refractivity contribution in [2.75, 3.05) is 25.6 Å². The number of benzene rings is 1. The first-order valence-electron chi connectivity index (χ1n) is 18.4. The average Bonchev–Trinajstić information content (AvgIpc) is 3.13. The first kappa shape index (κ1) is 46.4. The van der Waals surface area contributed by atoms with E-state index in [1.165, 1.54) is 24.8 Å². The van der Waals surface area contributed by atoms with E-state index in [2.05, 4.69) is 5.32 Å². The molecule has 1 aromatic heterocycles. The van der Waals surface area contributed by atoms with E-state index in [-0.39, 0.29) is 6.61 Å². The standard InChI is InChI=1S/C38H47NO19S/c1-18(40)39-31-34(52-22(5)44)32(58-37-36(54-24(7)46)35(53-23(6)45)33(51-21(4)43)28(56-37)16-49-19(2)41)29(17-50-20(3)42)57-38(31)59-14-8-13-48-26-11-9-25-10-12-30(47)55-27(25)15-26/h9-12,15,28-29,31-38H,8,13-14,16-17H2,1-7H3,(H,39,40)/t28-,29-,31-,32-,33+,34-,35+,36-,37+,38+/m1/s1. The second-order valence-electron chi connectivity index (χ2n) is 13.3. The summed E-state index contributed by atoms with van der Waals surface area (Å²) >= 11 is 1.22. The number of nitrogens with one attached hydrogen (secondary N) is 1. The van der Waals surface area contributed by atoms with Gasteiger partial charge in [0.1, 0.15) is 54.3 Å². The Labute approximate surface area is 342 Å². The van der Waals surface area contributed by atoms with E-state index in [9.17, 15) is 38.4 Å². The Morgan fingerprint density at radius 2 is 1.22 bits per heavy atom. The molecule has 0 aliphatic carbocycles. The predicted octanol–water partition coefficient (Wildman–Crippen LogP) is 1.49. The number of esters is 6. The van der Waals surface area contributed by atoms with Gasteiger partial charge in [0, 0.05) is 66.0 Å². The number of amides is 1. The summed E-state index contributed by atoms with van der Waals surface area (Å²) in [5, 5.41) is 3.47. The minimum Gasteiger partial charge on any atom is -0.493 e. The molecular weight excluding hydrogens is 806 g/mol. The van der Waals surface area contributed by atoms with Crippen LogP contribution in [0.1, 0.15) is 54.9 Å². The van der Waals surface area contributed by atoms with Crippen molar-refractivity contribution in [1.29, 1.82) is 0 Å². The molecule has 0 unspecified atom stereocenters. The fourth-order valence-corrected chi connectivity index (χ4v) is 7.46. The summed E-state index contributed by atoms with van der Waals surface area (Å²) in [6, 6.07) is 6.88. The van der Waals surface area contributed by atoms with Crippen molar-refractivity contribution in [2.45, 2.75) is 115 Å². The summed E-state index contributed by atoms with van der Waals surface area (Å²) in [5.41, 5.74) is -1.11. The summed E-state index contributed by atoms with van der Waals surface area (Å²) < 4.78 is 62.8. The zero-order valence-corrected chi connectivity index (χ0v) is 34.2. The third-order valence-electron chi connectivity index (χ3n) is 8.44. The van der Waals surface area contributed by atoms with Gasteiger partial charge in [0.25, 0.3) is 0 Å². The van der Waals surface area contributed by atoms with Crippen LogP contribution in [-0.4, -0.2) is 128 Å². The lowest BCUT2D eigenvalue weighted by Crippen LogP contribution is -2.68. The topological polar surface area (TPSA) is 254 Å². The van der Waals surface area contributed by atoms with Crippen LogP contribution in [0, 0.1) is 0 Å². The van der Waals surface area contributed by atoms with Gasteiger partial charge in [0.2, 0.25) is 5.91 Å². The Balaban J connectivity index is 1.66. The number of fused-ring (bicyclic) bond motifs is 1. The number of rotatable bonds is 17. The minimum absolute atomic E-state index is 0.214. The van der Waals surface area contributed by atoms with E-state index >= 15 is 0 Å². The molecule has 1 N–H and O–H groups in total. The summed E-state index contributed by atoms with van der Waals surface area (Å²) in [4.78, 5) is 98.1. The smallest absolute Gasteiger partial charge is 0.336 e. The maximum absolute atomic E-state index is 12.7. The zero-order valence-electron chi connectivity index (χ0n) is 33.4. The largest absolute Gasteiger partial charge is 0.493 e. The molecule has 2 aromatic rings. The molecule has 324 valence electrons. The van der Waals surface area contributed by atoms with Crippen LogP contribution in [0.25, 0.3) is 11.0 Å². The van der Waals surface area contributed by atoms with Gasteiger partial charge in [-0.3, -0.25) is 33.6 Å². The Bertz CT molecular complexity index is 1900. The van der Waals surface area contributed by atoms with Gasteiger partial charge in [-0.25, -0.2) is 4.79 Å². The molecule has 21 heteroatoms. The zero-order chi connectivity index (χ0) is 43.4. The number of carbonyl (C=O) groups is 7. The molecule has 0 saturated carbocycles. The average molecular weight is 854 g/mol. The summed E-state index contributed by atoms with van der Waals surface area (Å²) in [6.07, 6.45) is -11.6. The summed E-state index contributed by atoms with van der Waals surface area (Å²) in [6.45, 7) is 6.95. The van der Waals surface area contributed by atoms with Crippen molar-refractivity contribution in [2.24, 2.45) is 0 Å². The van der Waals surface area contributed by atoms with Crippen molar-refractivity contribution >= 4 is 64.5 Å². The lowest BCUT2D eigenvalue weighted by molar-refractivity contribution is -0.336. The highest BCUT2D eigenvalue weighted by Gasteiger charge is 2.57. The van der Waals surface area contributed by atoms with E-state index in [0.717, 1.165) is 41.5 Å². The molecule has 1 aromatic carbocycles. The molecule has 2 fully saturated rings. The van der Waals surface area contributed by atoms with E-state index in [1.54, 1.807) is 24.3 Å². The molecule has 0 radical (unpaired) electrons. The third-order valence-corrected chi connectivity index (χ3v) is 9.70.